The fourth-order valence-corrected chi connectivity index (χ4v) is 1.03. The van der Waals surface area contributed by atoms with Crippen molar-refractivity contribution in [1.29, 1.82) is 0 Å². The topological polar surface area (TPSA) is 95.6 Å². The molecular weight excluding hydrogens is 196 g/mol. The number of aliphatic hydroxyl groups excluding tert-OH is 1. The lowest BCUT2D eigenvalue weighted by molar-refractivity contribution is 0.0923. The molecule has 5 heteroatoms. The Balaban J connectivity index is 2.70. The fraction of sp³-hybridized carbons (Fsp3) is 0.300. The van der Waals surface area contributed by atoms with Gasteiger partial charge in [0.1, 0.15) is 5.75 Å². The highest BCUT2D eigenvalue weighted by Crippen LogP contribution is 2.20. The second-order valence-electron chi connectivity index (χ2n) is 3.33. The van der Waals surface area contributed by atoms with Gasteiger partial charge in [-0.25, -0.2) is 0 Å². The number of nitrogens with one attached hydrogen (secondary N) is 1. The summed E-state index contributed by atoms with van der Waals surface area (Å²) in [5, 5.41) is 20.7. The molecule has 0 aliphatic rings. The summed E-state index contributed by atoms with van der Waals surface area (Å²) >= 11 is 0. The van der Waals surface area contributed by atoms with Crippen LogP contribution in [0.3, 0.4) is 0 Å². The van der Waals surface area contributed by atoms with Gasteiger partial charge in [-0.05, 0) is 25.1 Å². The molecule has 82 valence electrons. The molecule has 1 amide bonds. The molecule has 1 aromatic carbocycles. The number of phenolic OH excluding ortho intramolecular Hbond substituents is 1. The van der Waals surface area contributed by atoms with E-state index in [0.29, 0.717) is 5.56 Å². The third kappa shape index (κ3) is 3.14. The van der Waals surface area contributed by atoms with E-state index in [1.54, 1.807) is 6.92 Å². The summed E-state index contributed by atoms with van der Waals surface area (Å²) in [6, 6.07) is 4.24. The van der Waals surface area contributed by atoms with Crippen molar-refractivity contribution < 1.29 is 15.0 Å². The summed E-state index contributed by atoms with van der Waals surface area (Å²) in [5.41, 5.74) is 5.92. The zero-order valence-electron chi connectivity index (χ0n) is 8.40. The van der Waals surface area contributed by atoms with Crippen LogP contribution < -0.4 is 11.1 Å². The van der Waals surface area contributed by atoms with Crippen LogP contribution in [-0.4, -0.2) is 28.8 Å². The number of amides is 1. The van der Waals surface area contributed by atoms with Crippen molar-refractivity contribution in [2.45, 2.75) is 13.0 Å². The monoisotopic (exact) mass is 210 g/mol. The second-order valence-corrected chi connectivity index (χ2v) is 3.33. The predicted octanol–water partition coefficient (Wildman–Crippen LogP) is 0.0850. The normalized spacial score (nSPS) is 12.1. The number of nitrogens with two attached hydrogens (primary N) is 1. The summed E-state index contributed by atoms with van der Waals surface area (Å²) < 4.78 is 0. The lowest BCUT2D eigenvalue weighted by Crippen LogP contribution is -2.30. The van der Waals surface area contributed by atoms with Crippen LogP contribution in [0.1, 0.15) is 17.3 Å². The van der Waals surface area contributed by atoms with E-state index >= 15 is 0 Å². The molecule has 0 aliphatic carbocycles. The average Bonchev–Trinajstić information content (AvgIpc) is 2.18. The minimum atomic E-state index is -0.601. The number of phenols is 1. The Hall–Kier alpha value is -1.75. The standard InChI is InChI=1S/C10H14N2O3/c1-6(13)5-12-10(15)7-2-3-8(11)9(14)4-7/h2-4,6,13-14H,5,11H2,1H3,(H,12,15). The highest BCUT2D eigenvalue weighted by atomic mass is 16.3. The Labute approximate surface area is 87.5 Å². The van der Waals surface area contributed by atoms with Crippen LogP contribution >= 0.6 is 0 Å². The minimum absolute atomic E-state index is 0.125. The number of anilines is 1. The van der Waals surface area contributed by atoms with Crippen molar-refractivity contribution in [2.75, 3.05) is 12.3 Å². The van der Waals surface area contributed by atoms with E-state index in [9.17, 15) is 9.90 Å². The molecular formula is C10H14N2O3. The molecule has 1 rings (SSSR count). The maximum absolute atomic E-state index is 11.4. The molecule has 5 N–H and O–H groups in total. The first-order valence-corrected chi connectivity index (χ1v) is 4.55. The van der Waals surface area contributed by atoms with E-state index in [1.165, 1.54) is 18.2 Å². The largest absolute Gasteiger partial charge is 0.506 e. The first-order valence-electron chi connectivity index (χ1n) is 4.55. The smallest absolute Gasteiger partial charge is 0.251 e. The molecule has 15 heavy (non-hydrogen) atoms. The second kappa shape index (κ2) is 4.65. The average molecular weight is 210 g/mol. The van der Waals surface area contributed by atoms with Crippen molar-refractivity contribution in [3.05, 3.63) is 23.8 Å². The molecule has 1 atom stereocenters. The highest BCUT2D eigenvalue weighted by molar-refractivity contribution is 5.95. The van der Waals surface area contributed by atoms with Gasteiger partial charge in [0.15, 0.2) is 0 Å². The maximum Gasteiger partial charge on any atom is 0.251 e. The summed E-state index contributed by atoms with van der Waals surface area (Å²) in [6.45, 7) is 1.74. The number of hydrogen-bond acceptors (Lipinski definition) is 4. The van der Waals surface area contributed by atoms with Crippen LogP contribution in [-0.2, 0) is 0 Å². The van der Waals surface area contributed by atoms with E-state index in [1.807, 2.05) is 0 Å². The number of carbonyl (C=O) groups is 1. The Kier molecular flexibility index (Phi) is 3.51. The predicted molar refractivity (Wildman–Crippen MR) is 56.5 cm³/mol. The van der Waals surface area contributed by atoms with Gasteiger partial charge in [0.2, 0.25) is 0 Å². The van der Waals surface area contributed by atoms with Crippen LogP contribution in [0.15, 0.2) is 18.2 Å². The summed E-state index contributed by atoms with van der Waals surface area (Å²) in [4.78, 5) is 11.4. The zero-order chi connectivity index (χ0) is 11.4. The first kappa shape index (κ1) is 11.3. The lowest BCUT2D eigenvalue weighted by Gasteiger charge is -2.07. The lowest BCUT2D eigenvalue weighted by atomic mass is 10.2. The fourth-order valence-electron chi connectivity index (χ4n) is 1.03. The van der Waals surface area contributed by atoms with E-state index in [0.717, 1.165) is 0 Å². The summed E-state index contributed by atoms with van der Waals surface area (Å²) in [7, 11) is 0. The first-order chi connectivity index (χ1) is 7.00. The van der Waals surface area contributed by atoms with E-state index < -0.39 is 6.10 Å². The van der Waals surface area contributed by atoms with Gasteiger partial charge in [0.05, 0.1) is 11.8 Å². The van der Waals surface area contributed by atoms with Crippen molar-refractivity contribution in [3.8, 4) is 5.75 Å². The minimum Gasteiger partial charge on any atom is -0.506 e. The molecule has 0 radical (unpaired) electrons. The van der Waals surface area contributed by atoms with Crippen LogP contribution in [0.25, 0.3) is 0 Å². The van der Waals surface area contributed by atoms with Gasteiger partial charge in [-0.2, -0.15) is 0 Å². The molecule has 0 bridgehead atoms. The van der Waals surface area contributed by atoms with Crippen molar-refractivity contribution in [1.82, 2.24) is 5.32 Å². The molecule has 0 heterocycles. The van der Waals surface area contributed by atoms with Gasteiger partial charge >= 0.3 is 0 Å². The molecule has 0 fully saturated rings. The Morgan fingerprint density at radius 1 is 1.60 bits per heavy atom. The number of nitrogen functional groups attached to an aromatic ring is 1. The van der Waals surface area contributed by atoms with Crippen LogP contribution in [0.2, 0.25) is 0 Å². The Morgan fingerprint density at radius 3 is 2.80 bits per heavy atom. The van der Waals surface area contributed by atoms with E-state index in [2.05, 4.69) is 5.32 Å². The molecule has 0 spiro atoms. The van der Waals surface area contributed by atoms with E-state index in [-0.39, 0.29) is 23.9 Å². The molecule has 0 saturated carbocycles. The number of hydrogen-bond donors (Lipinski definition) is 4. The Morgan fingerprint density at radius 2 is 2.27 bits per heavy atom. The van der Waals surface area contributed by atoms with Crippen molar-refractivity contribution in [2.24, 2.45) is 0 Å². The number of aromatic hydroxyl groups is 1. The van der Waals surface area contributed by atoms with Crippen LogP contribution in [0.5, 0.6) is 5.75 Å². The van der Waals surface area contributed by atoms with Gasteiger partial charge < -0.3 is 21.3 Å². The molecule has 1 aromatic rings. The SMILES string of the molecule is CC(O)CNC(=O)c1ccc(N)c(O)c1. The van der Waals surface area contributed by atoms with Crippen molar-refractivity contribution >= 4 is 11.6 Å². The molecule has 5 nitrogen and oxygen atoms in total. The number of benzene rings is 1. The number of rotatable bonds is 3. The van der Waals surface area contributed by atoms with Gasteiger partial charge in [-0.15, -0.1) is 0 Å². The molecule has 0 aliphatic heterocycles. The number of carbonyl (C=O) groups excluding carboxylic acids is 1. The number of aliphatic hydroxyl groups is 1. The van der Waals surface area contributed by atoms with Crippen LogP contribution in [0.4, 0.5) is 5.69 Å². The van der Waals surface area contributed by atoms with Gasteiger partial charge in [-0.1, -0.05) is 0 Å². The van der Waals surface area contributed by atoms with Gasteiger partial charge in [-0.3, -0.25) is 4.79 Å². The van der Waals surface area contributed by atoms with Crippen molar-refractivity contribution in [3.63, 3.8) is 0 Å². The van der Waals surface area contributed by atoms with Gasteiger partial charge in [0.25, 0.3) is 5.91 Å². The molecule has 0 aromatic heterocycles. The van der Waals surface area contributed by atoms with Crippen LogP contribution in [0, 0.1) is 0 Å². The Bertz CT molecular complexity index is 364. The highest BCUT2D eigenvalue weighted by Gasteiger charge is 2.08. The zero-order valence-corrected chi connectivity index (χ0v) is 8.40. The summed E-state index contributed by atoms with van der Waals surface area (Å²) in [5.74, 6) is -0.481. The quantitative estimate of drug-likeness (QED) is 0.420. The third-order valence-corrected chi connectivity index (χ3v) is 1.85. The maximum atomic E-state index is 11.4. The third-order valence-electron chi connectivity index (χ3n) is 1.85. The molecule has 0 saturated heterocycles. The summed E-state index contributed by atoms with van der Waals surface area (Å²) in [6.07, 6.45) is -0.601. The van der Waals surface area contributed by atoms with Gasteiger partial charge in [0, 0.05) is 12.1 Å². The van der Waals surface area contributed by atoms with E-state index in [4.69, 9.17) is 10.8 Å². The molecule has 1 unspecified atom stereocenters.